The molecule has 4 aliphatic rings. The first-order chi connectivity index (χ1) is 12.9. The number of carbonyl (C=O) groups is 1. The number of carbonyl (C=O) groups excluding carboxylic acids is 1. The highest BCUT2D eigenvalue weighted by Crippen LogP contribution is 2.38. The van der Waals surface area contributed by atoms with Crippen LogP contribution in [0.3, 0.4) is 0 Å². The lowest BCUT2D eigenvalue weighted by Crippen LogP contribution is -2.52. The zero-order chi connectivity index (χ0) is 18.8. The lowest BCUT2D eigenvalue weighted by atomic mass is 9.99. The number of aryl methyl sites for hydroxylation is 2. The molecule has 0 spiro atoms. The average molecular weight is 391 g/mol. The Morgan fingerprint density at radius 2 is 1.70 bits per heavy atom. The maximum absolute atomic E-state index is 12.7. The fourth-order valence-corrected chi connectivity index (χ4v) is 6.72. The van der Waals surface area contributed by atoms with Gasteiger partial charge in [-0.1, -0.05) is 6.07 Å². The Labute approximate surface area is 160 Å². The Morgan fingerprint density at radius 1 is 1.04 bits per heavy atom. The Bertz CT molecular complexity index is 880. The fourth-order valence-electron chi connectivity index (χ4n) is 5.41. The van der Waals surface area contributed by atoms with Crippen LogP contribution in [0.1, 0.15) is 41.5 Å². The summed E-state index contributed by atoms with van der Waals surface area (Å²) in [7, 11) is -1.80. The minimum Gasteiger partial charge on any atom is -0.307 e. The summed E-state index contributed by atoms with van der Waals surface area (Å²) in [4.78, 5) is 14.8. The van der Waals surface area contributed by atoms with Crippen LogP contribution in [-0.4, -0.2) is 55.9 Å². The van der Waals surface area contributed by atoms with Gasteiger partial charge in [-0.3, -0.25) is 0 Å². The standard InChI is InChI=1S/C19H26N4O3S/c1-22-10-15-9-14(22)11-23(15)27(25,26)21-19(24)20-18-16-6-2-4-12(16)8-13-5-3-7-17(13)18/h8,14-15H,2-7,9-11H2,1H3,(H2,20,21,24). The topological polar surface area (TPSA) is 81.8 Å². The van der Waals surface area contributed by atoms with Crippen molar-refractivity contribution >= 4 is 21.9 Å². The first kappa shape index (κ1) is 17.5. The number of nitrogens with one attached hydrogen (secondary N) is 2. The van der Waals surface area contributed by atoms with Crippen molar-refractivity contribution in [2.45, 2.75) is 57.0 Å². The monoisotopic (exact) mass is 390 g/mol. The Morgan fingerprint density at radius 3 is 2.26 bits per heavy atom. The maximum atomic E-state index is 12.7. The second-order valence-corrected chi connectivity index (χ2v) is 9.97. The van der Waals surface area contributed by atoms with Gasteiger partial charge in [0.15, 0.2) is 0 Å². The van der Waals surface area contributed by atoms with E-state index >= 15 is 0 Å². The second kappa shape index (κ2) is 6.18. The van der Waals surface area contributed by atoms with Crippen LogP contribution < -0.4 is 10.0 Å². The van der Waals surface area contributed by atoms with E-state index in [-0.39, 0.29) is 12.1 Å². The third-order valence-corrected chi connectivity index (χ3v) is 8.21. The largest absolute Gasteiger partial charge is 0.333 e. The smallest absolute Gasteiger partial charge is 0.307 e. The zero-order valence-corrected chi connectivity index (χ0v) is 16.4. The molecule has 8 heteroatoms. The molecule has 5 rings (SSSR count). The summed E-state index contributed by atoms with van der Waals surface area (Å²) in [6.45, 7) is 1.19. The van der Waals surface area contributed by atoms with Gasteiger partial charge in [0.25, 0.3) is 0 Å². The summed E-state index contributed by atoms with van der Waals surface area (Å²) in [6.07, 6.45) is 7.02. The molecule has 2 aliphatic carbocycles. The Kier molecular flexibility index (Phi) is 4.00. The number of piperazine rings is 1. The highest BCUT2D eigenvalue weighted by molar-refractivity contribution is 7.87. The van der Waals surface area contributed by atoms with Gasteiger partial charge < -0.3 is 10.2 Å². The molecule has 146 valence electrons. The second-order valence-electron chi connectivity index (χ2n) is 8.35. The van der Waals surface area contributed by atoms with Crippen LogP contribution >= 0.6 is 0 Å². The number of rotatable bonds is 3. The number of anilines is 1. The van der Waals surface area contributed by atoms with Crippen LogP contribution in [-0.2, 0) is 35.9 Å². The highest BCUT2D eigenvalue weighted by atomic mass is 32.2. The molecule has 0 aromatic heterocycles. The third kappa shape index (κ3) is 2.85. The summed E-state index contributed by atoms with van der Waals surface area (Å²) in [5.41, 5.74) is 5.89. The number of amides is 2. The molecular formula is C19H26N4O3S. The van der Waals surface area contributed by atoms with Gasteiger partial charge in [-0.15, -0.1) is 0 Å². The van der Waals surface area contributed by atoms with E-state index < -0.39 is 16.2 Å². The molecule has 1 aromatic carbocycles. The third-order valence-electron chi connectivity index (χ3n) is 6.71. The van der Waals surface area contributed by atoms with Gasteiger partial charge in [0, 0.05) is 30.9 Å². The van der Waals surface area contributed by atoms with E-state index in [1.807, 2.05) is 7.05 Å². The van der Waals surface area contributed by atoms with Gasteiger partial charge in [0.1, 0.15) is 0 Å². The van der Waals surface area contributed by atoms with Crippen LogP contribution in [0.4, 0.5) is 10.5 Å². The quantitative estimate of drug-likeness (QED) is 0.818. The molecule has 2 amide bonds. The van der Waals surface area contributed by atoms with Crippen molar-refractivity contribution in [3.05, 3.63) is 28.3 Å². The van der Waals surface area contributed by atoms with Gasteiger partial charge in [-0.25, -0.2) is 9.52 Å². The first-order valence-corrected chi connectivity index (χ1v) is 11.3. The average Bonchev–Trinajstić information content (AvgIpc) is 3.36. The number of likely N-dealkylation sites (N-methyl/N-ethyl adjacent to an activating group) is 1. The van der Waals surface area contributed by atoms with Crippen molar-refractivity contribution in [1.82, 2.24) is 13.9 Å². The first-order valence-electron chi connectivity index (χ1n) is 9.89. The maximum Gasteiger partial charge on any atom is 0.333 e. The molecule has 7 nitrogen and oxygen atoms in total. The molecule has 2 saturated heterocycles. The molecule has 2 atom stereocenters. The predicted molar refractivity (Wildman–Crippen MR) is 103 cm³/mol. The molecule has 2 unspecified atom stereocenters. The van der Waals surface area contributed by atoms with Gasteiger partial charge in [0.2, 0.25) is 0 Å². The number of likely N-dealkylation sites (tertiary alicyclic amines) is 1. The van der Waals surface area contributed by atoms with E-state index in [0.29, 0.717) is 6.54 Å². The summed E-state index contributed by atoms with van der Waals surface area (Å²) < 4.78 is 29.2. The van der Waals surface area contributed by atoms with Crippen LogP contribution in [0.2, 0.25) is 0 Å². The number of fused-ring (bicyclic) bond motifs is 4. The van der Waals surface area contributed by atoms with Gasteiger partial charge in [0.05, 0.1) is 0 Å². The zero-order valence-electron chi connectivity index (χ0n) is 15.6. The van der Waals surface area contributed by atoms with Crippen molar-refractivity contribution in [1.29, 1.82) is 0 Å². The van der Waals surface area contributed by atoms with Crippen LogP contribution in [0.15, 0.2) is 6.07 Å². The van der Waals surface area contributed by atoms with Crippen molar-refractivity contribution in [2.75, 3.05) is 25.5 Å². The lowest BCUT2D eigenvalue weighted by Gasteiger charge is -2.30. The molecule has 2 heterocycles. The van der Waals surface area contributed by atoms with E-state index in [4.69, 9.17) is 0 Å². The SMILES string of the molecule is CN1CC2CC1CN2S(=O)(=O)NC(=O)Nc1c2c(cc3c1CCC3)CCC2. The molecule has 1 aromatic rings. The normalized spacial score (nSPS) is 27.0. The number of benzene rings is 1. The number of urea groups is 1. The number of nitrogens with zero attached hydrogens (tertiary/aromatic N) is 2. The van der Waals surface area contributed by atoms with E-state index in [9.17, 15) is 13.2 Å². The van der Waals surface area contributed by atoms with Crippen molar-refractivity contribution in [3.8, 4) is 0 Å². The predicted octanol–water partition coefficient (Wildman–Crippen LogP) is 1.42. The van der Waals surface area contributed by atoms with E-state index in [1.165, 1.54) is 26.6 Å². The number of hydrogen-bond donors (Lipinski definition) is 2. The summed E-state index contributed by atoms with van der Waals surface area (Å²) in [6, 6.07) is 1.88. The van der Waals surface area contributed by atoms with E-state index in [2.05, 4.69) is 21.0 Å². The summed E-state index contributed by atoms with van der Waals surface area (Å²) in [5.74, 6) is 0. The Hall–Kier alpha value is -1.64. The van der Waals surface area contributed by atoms with Crippen molar-refractivity contribution in [2.24, 2.45) is 0 Å². The van der Waals surface area contributed by atoms with Crippen LogP contribution in [0.5, 0.6) is 0 Å². The molecule has 2 aliphatic heterocycles. The van der Waals surface area contributed by atoms with Crippen molar-refractivity contribution in [3.63, 3.8) is 0 Å². The molecule has 0 radical (unpaired) electrons. The highest BCUT2D eigenvalue weighted by Gasteiger charge is 2.47. The molecule has 2 N–H and O–H groups in total. The minimum atomic E-state index is -3.82. The van der Waals surface area contributed by atoms with Gasteiger partial charge in [-0.05, 0) is 74.2 Å². The summed E-state index contributed by atoms with van der Waals surface area (Å²) >= 11 is 0. The van der Waals surface area contributed by atoms with E-state index in [0.717, 1.165) is 57.2 Å². The lowest BCUT2D eigenvalue weighted by molar-refractivity contribution is 0.214. The van der Waals surface area contributed by atoms with Crippen molar-refractivity contribution < 1.29 is 13.2 Å². The van der Waals surface area contributed by atoms with E-state index in [1.54, 1.807) is 0 Å². The molecule has 2 bridgehead atoms. The molecular weight excluding hydrogens is 364 g/mol. The fraction of sp³-hybridized carbons (Fsp3) is 0.632. The molecule has 27 heavy (non-hydrogen) atoms. The minimum absolute atomic E-state index is 0.0319. The summed E-state index contributed by atoms with van der Waals surface area (Å²) in [5, 5.41) is 2.91. The van der Waals surface area contributed by atoms with Crippen LogP contribution in [0, 0.1) is 0 Å². The van der Waals surface area contributed by atoms with Gasteiger partial charge in [-0.2, -0.15) is 12.7 Å². The van der Waals surface area contributed by atoms with Gasteiger partial charge >= 0.3 is 16.2 Å². The van der Waals surface area contributed by atoms with Crippen LogP contribution in [0.25, 0.3) is 0 Å². The molecule has 2 fully saturated rings. The molecule has 0 saturated carbocycles. The Balaban J connectivity index is 1.35. The number of hydrogen-bond acceptors (Lipinski definition) is 4.